The summed E-state index contributed by atoms with van der Waals surface area (Å²) in [6.45, 7) is 7.49. The number of hydrogen-bond acceptors (Lipinski definition) is 3. The predicted molar refractivity (Wildman–Crippen MR) is 121 cm³/mol. The number of carbonyl (C=O) groups is 2. The molecular weight excluding hydrogens is 423 g/mol. The van der Waals surface area contributed by atoms with Crippen molar-refractivity contribution in [2.45, 2.75) is 52.7 Å². The number of hydrogen-bond donors (Lipinski definition) is 1. The first kappa shape index (κ1) is 24.0. The summed E-state index contributed by atoms with van der Waals surface area (Å²) in [5, 5.41) is 3.79. The van der Waals surface area contributed by atoms with E-state index in [0.29, 0.717) is 21.4 Å². The number of rotatable bonds is 9. The van der Waals surface area contributed by atoms with Crippen LogP contribution in [0.1, 0.15) is 38.8 Å². The van der Waals surface area contributed by atoms with Gasteiger partial charge < -0.3 is 15.0 Å². The van der Waals surface area contributed by atoms with Crippen LogP contribution in [0.15, 0.2) is 42.5 Å². The van der Waals surface area contributed by atoms with Crippen LogP contribution in [0.5, 0.6) is 5.75 Å². The molecule has 0 saturated heterocycles. The Kier molecular flexibility index (Phi) is 9.00. The van der Waals surface area contributed by atoms with Gasteiger partial charge in [0.1, 0.15) is 11.8 Å². The molecule has 1 atom stereocenters. The fourth-order valence-electron chi connectivity index (χ4n) is 2.87. The topological polar surface area (TPSA) is 58.6 Å². The molecule has 2 amide bonds. The van der Waals surface area contributed by atoms with E-state index in [1.54, 1.807) is 25.1 Å². The average molecular weight is 451 g/mol. The SMILES string of the molecule is CCc1ccc(OCC(=O)N(Cc2ccc(Cl)cc2Cl)C(C)C(=O)NC(C)C)cc1. The number of benzene rings is 2. The van der Waals surface area contributed by atoms with Crippen LogP contribution in [0.2, 0.25) is 10.0 Å². The molecule has 7 heteroatoms. The normalized spacial score (nSPS) is 11.8. The lowest BCUT2D eigenvalue weighted by Gasteiger charge is -2.29. The molecule has 0 aliphatic rings. The Bertz CT molecular complexity index is 869. The Morgan fingerprint density at radius 3 is 2.30 bits per heavy atom. The first-order chi connectivity index (χ1) is 14.2. The number of carbonyl (C=O) groups excluding carboxylic acids is 2. The molecule has 0 aromatic heterocycles. The first-order valence-electron chi connectivity index (χ1n) is 9.96. The largest absolute Gasteiger partial charge is 0.484 e. The highest BCUT2D eigenvalue weighted by Crippen LogP contribution is 2.23. The molecule has 0 bridgehead atoms. The summed E-state index contributed by atoms with van der Waals surface area (Å²) in [5.41, 5.74) is 1.89. The first-order valence-corrected chi connectivity index (χ1v) is 10.7. The van der Waals surface area contributed by atoms with E-state index in [9.17, 15) is 9.59 Å². The molecule has 0 aliphatic carbocycles. The fourth-order valence-corrected chi connectivity index (χ4v) is 3.34. The van der Waals surface area contributed by atoms with Crippen molar-refractivity contribution in [2.24, 2.45) is 0 Å². The minimum absolute atomic E-state index is 0.0376. The molecule has 30 heavy (non-hydrogen) atoms. The van der Waals surface area contributed by atoms with Crippen LogP contribution < -0.4 is 10.1 Å². The van der Waals surface area contributed by atoms with Crippen molar-refractivity contribution >= 4 is 35.0 Å². The monoisotopic (exact) mass is 450 g/mol. The van der Waals surface area contributed by atoms with Crippen molar-refractivity contribution < 1.29 is 14.3 Å². The van der Waals surface area contributed by atoms with Gasteiger partial charge in [0.15, 0.2) is 6.61 Å². The Hall–Kier alpha value is -2.24. The summed E-state index contributed by atoms with van der Waals surface area (Å²) >= 11 is 12.3. The molecule has 162 valence electrons. The van der Waals surface area contributed by atoms with Crippen LogP contribution >= 0.6 is 23.2 Å². The third-order valence-corrected chi connectivity index (χ3v) is 5.23. The Morgan fingerprint density at radius 1 is 1.07 bits per heavy atom. The number of ether oxygens (including phenoxy) is 1. The minimum Gasteiger partial charge on any atom is -0.484 e. The highest BCUT2D eigenvalue weighted by atomic mass is 35.5. The highest BCUT2D eigenvalue weighted by Gasteiger charge is 2.27. The van der Waals surface area contributed by atoms with Gasteiger partial charge in [0.25, 0.3) is 5.91 Å². The second kappa shape index (κ2) is 11.2. The van der Waals surface area contributed by atoms with Crippen LogP contribution in [0.3, 0.4) is 0 Å². The van der Waals surface area contributed by atoms with Crippen molar-refractivity contribution in [1.82, 2.24) is 10.2 Å². The molecule has 5 nitrogen and oxygen atoms in total. The lowest BCUT2D eigenvalue weighted by molar-refractivity contribution is -0.142. The van der Waals surface area contributed by atoms with Crippen LogP contribution in [0.4, 0.5) is 0 Å². The van der Waals surface area contributed by atoms with Gasteiger partial charge in [-0.05, 0) is 62.6 Å². The Balaban J connectivity index is 2.17. The van der Waals surface area contributed by atoms with Crippen LogP contribution in [-0.4, -0.2) is 35.4 Å². The summed E-state index contributed by atoms with van der Waals surface area (Å²) in [6.07, 6.45) is 0.928. The van der Waals surface area contributed by atoms with Crippen molar-refractivity contribution in [3.63, 3.8) is 0 Å². The molecule has 1 unspecified atom stereocenters. The van der Waals surface area contributed by atoms with Gasteiger partial charge in [-0.3, -0.25) is 9.59 Å². The summed E-state index contributed by atoms with van der Waals surface area (Å²) in [7, 11) is 0. The van der Waals surface area contributed by atoms with Gasteiger partial charge in [-0.15, -0.1) is 0 Å². The molecule has 0 fully saturated rings. The maximum atomic E-state index is 13.0. The summed E-state index contributed by atoms with van der Waals surface area (Å²) in [5.74, 6) is 0.0482. The number of halogens is 2. The third-order valence-electron chi connectivity index (χ3n) is 4.65. The Morgan fingerprint density at radius 2 is 1.73 bits per heavy atom. The van der Waals surface area contributed by atoms with Crippen molar-refractivity contribution in [1.29, 1.82) is 0 Å². The molecule has 0 heterocycles. The van der Waals surface area contributed by atoms with E-state index in [2.05, 4.69) is 12.2 Å². The van der Waals surface area contributed by atoms with Crippen molar-refractivity contribution in [3.8, 4) is 5.75 Å². The number of nitrogens with one attached hydrogen (secondary N) is 1. The number of nitrogens with zero attached hydrogens (tertiary/aromatic N) is 1. The summed E-state index contributed by atoms with van der Waals surface area (Å²) in [6, 6.07) is 11.9. The molecule has 2 rings (SSSR count). The molecule has 0 radical (unpaired) electrons. The van der Waals surface area contributed by atoms with Crippen molar-refractivity contribution in [2.75, 3.05) is 6.61 Å². The Labute approximate surface area is 188 Å². The van der Waals surface area contributed by atoms with E-state index in [1.165, 1.54) is 10.5 Å². The maximum Gasteiger partial charge on any atom is 0.261 e. The van der Waals surface area contributed by atoms with E-state index < -0.39 is 6.04 Å². The lowest BCUT2D eigenvalue weighted by Crippen LogP contribution is -2.50. The van der Waals surface area contributed by atoms with Crippen LogP contribution in [0.25, 0.3) is 0 Å². The fraction of sp³-hybridized carbons (Fsp3) is 0.391. The van der Waals surface area contributed by atoms with E-state index in [1.807, 2.05) is 38.1 Å². The molecule has 2 aromatic rings. The molecule has 1 N–H and O–H groups in total. The third kappa shape index (κ3) is 6.92. The standard InChI is InChI=1S/C23H28Cl2N2O3/c1-5-17-6-10-20(11-7-17)30-14-22(28)27(16(4)23(29)26-15(2)3)13-18-8-9-19(24)12-21(18)25/h6-12,15-16H,5,13-14H2,1-4H3,(H,26,29). The van der Waals surface area contributed by atoms with Gasteiger partial charge in [-0.1, -0.05) is 48.3 Å². The molecule has 2 aromatic carbocycles. The maximum absolute atomic E-state index is 13.0. The molecule has 0 saturated carbocycles. The molecular formula is C23H28Cl2N2O3. The lowest BCUT2D eigenvalue weighted by atomic mass is 10.1. The quantitative estimate of drug-likeness (QED) is 0.592. The second-order valence-electron chi connectivity index (χ2n) is 7.38. The second-order valence-corrected chi connectivity index (χ2v) is 8.23. The van der Waals surface area contributed by atoms with Gasteiger partial charge >= 0.3 is 0 Å². The van der Waals surface area contributed by atoms with Gasteiger partial charge in [0.2, 0.25) is 5.91 Å². The number of amides is 2. The van der Waals surface area contributed by atoms with E-state index in [-0.39, 0.29) is 31.0 Å². The smallest absolute Gasteiger partial charge is 0.261 e. The molecule has 0 spiro atoms. The zero-order valence-corrected chi connectivity index (χ0v) is 19.3. The number of aryl methyl sites for hydroxylation is 1. The molecule has 0 aliphatic heterocycles. The van der Waals surface area contributed by atoms with Crippen LogP contribution in [-0.2, 0) is 22.6 Å². The van der Waals surface area contributed by atoms with E-state index >= 15 is 0 Å². The van der Waals surface area contributed by atoms with Gasteiger partial charge in [0.05, 0.1) is 0 Å². The highest BCUT2D eigenvalue weighted by molar-refractivity contribution is 6.35. The summed E-state index contributed by atoms with van der Waals surface area (Å²) < 4.78 is 5.67. The van der Waals surface area contributed by atoms with E-state index in [4.69, 9.17) is 27.9 Å². The van der Waals surface area contributed by atoms with E-state index in [0.717, 1.165) is 6.42 Å². The summed E-state index contributed by atoms with van der Waals surface area (Å²) in [4.78, 5) is 27.0. The van der Waals surface area contributed by atoms with Gasteiger partial charge in [-0.2, -0.15) is 0 Å². The minimum atomic E-state index is -0.697. The zero-order chi connectivity index (χ0) is 22.3. The van der Waals surface area contributed by atoms with Crippen molar-refractivity contribution in [3.05, 3.63) is 63.6 Å². The average Bonchev–Trinajstić information content (AvgIpc) is 2.71. The zero-order valence-electron chi connectivity index (χ0n) is 17.7. The van der Waals surface area contributed by atoms with Crippen LogP contribution in [0, 0.1) is 0 Å². The van der Waals surface area contributed by atoms with Gasteiger partial charge in [-0.25, -0.2) is 0 Å². The van der Waals surface area contributed by atoms with Gasteiger partial charge in [0, 0.05) is 22.6 Å². The predicted octanol–water partition coefficient (Wildman–Crippen LogP) is 4.88.